The number of benzene rings is 1. The number of hydrogen-bond acceptors (Lipinski definition) is 7. The van der Waals surface area contributed by atoms with Crippen molar-refractivity contribution in [1.29, 1.82) is 0 Å². The highest BCUT2D eigenvalue weighted by Gasteiger charge is 2.15. The van der Waals surface area contributed by atoms with E-state index in [9.17, 15) is 4.79 Å². The zero-order chi connectivity index (χ0) is 15.6. The second-order valence-corrected chi connectivity index (χ2v) is 4.64. The molecule has 2 aromatic heterocycles. The summed E-state index contributed by atoms with van der Waals surface area (Å²) in [4.78, 5) is 16.0. The van der Waals surface area contributed by atoms with Gasteiger partial charge >= 0.3 is 0 Å². The Kier molecular flexibility index (Phi) is 3.08. The van der Waals surface area contributed by atoms with Crippen molar-refractivity contribution >= 4 is 11.6 Å². The summed E-state index contributed by atoms with van der Waals surface area (Å²) in [5.74, 6) is 1.35. The minimum Gasteiger partial charge on any atom is -0.454 e. The first-order valence-electron chi connectivity index (χ1n) is 6.69. The number of hydrogen-bond donors (Lipinski definition) is 1. The van der Waals surface area contributed by atoms with Crippen molar-refractivity contribution in [2.24, 2.45) is 0 Å². The van der Waals surface area contributed by atoms with Gasteiger partial charge in [0.1, 0.15) is 12.7 Å². The van der Waals surface area contributed by atoms with Crippen LogP contribution in [-0.2, 0) is 0 Å². The van der Waals surface area contributed by atoms with Gasteiger partial charge in [-0.1, -0.05) is 0 Å². The molecule has 0 fully saturated rings. The summed E-state index contributed by atoms with van der Waals surface area (Å²) in [6.45, 7) is 0.182. The predicted octanol–water partition coefficient (Wildman–Crippen LogP) is 1.04. The molecule has 1 aromatic carbocycles. The van der Waals surface area contributed by atoms with E-state index in [0.717, 1.165) is 0 Å². The fourth-order valence-corrected chi connectivity index (χ4v) is 2.06. The Bertz CT molecular complexity index is 847. The molecular weight excluding hydrogens is 300 g/mol. The molecule has 1 amide bonds. The fraction of sp³-hybridized carbons (Fsp3) is 0.0714. The van der Waals surface area contributed by atoms with E-state index in [1.807, 2.05) is 0 Å². The van der Waals surface area contributed by atoms with Crippen molar-refractivity contribution in [2.75, 3.05) is 12.1 Å². The number of carbonyl (C=O) groups is 1. The van der Waals surface area contributed by atoms with Crippen LogP contribution in [0.4, 0.5) is 5.69 Å². The molecule has 3 aromatic rings. The van der Waals surface area contributed by atoms with Gasteiger partial charge in [0.05, 0.1) is 0 Å². The Morgan fingerprint density at radius 3 is 2.83 bits per heavy atom. The standard InChI is InChI=1S/C14H10N6O3/c21-14(17-9-1-3-11-12(5-9)23-8-22-11)10-2-4-13(19-18-10)20-7-15-6-16-20/h1-7H,8H2,(H,17,21). The summed E-state index contributed by atoms with van der Waals surface area (Å²) in [6, 6.07) is 8.35. The number of fused-ring (bicyclic) bond motifs is 1. The summed E-state index contributed by atoms with van der Waals surface area (Å²) in [5, 5.41) is 14.5. The van der Waals surface area contributed by atoms with Gasteiger partial charge in [0, 0.05) is 11.8 Å². The van der Waals surface area contributed by atoms with Crippen molar-refractivity contribution < 1.29 is 14.3 Å². The van der Waals surface area contributed by atoms with Crippen LogP contribution < -0.4 is 14.8 Å². The van der Waals surface area contributed by atoms with Crippen LogP contribution in [0.2, 0.25) is 0 Å². The van der Waals surface area contributed by atoms with Gasteiger partial charge in [0.15, 0.2) is 23.0 Å². The second kappa shape index (κ2) is 5.37. The van der Waals surface area contributed by atoms with E-state index in [-0.39, 0.29) is 18.4 Å². The molecule has 4 rings (SSSR count). The third-order valence-electron chi connectivity index (χ3n) is 3.17. The maximum Gasteiger partial charge on any atom is 0.276 e. The van der Waals surface area contributed by atoms with Gasteiger partial charge in [-0.25, -0.2) is 9.67 Å². The van der Waals surface area contributed by atoms with Crippen molar-refractivity contribution in [2.45, 2.75) is 0 Å². The summed E-state index contributed by atoms with van der Waals surface area (Å²) in [7, 11) is 0. The van der Waals surface area contributed by atoms with Gasteiger partial charge in [-0.3, -0.25) is 4.79 Å². The molecule has 1 N–H and O–H groups in total. The average molecular weight is 310 g/mol. The molecule has 0 bridgehead atoms. The van der Waals surface area contributed by atoms with Gasteiger partial charge in [-0.15, -0.1) is 10.2 Å². The third kappa shape index (κ3) is 2.55. The van der Waals surface area contributed by atoms with Crippen LogP contribution in [-0.4, -0.2) is 37.7 Å². The molecule has 9 nitrogen and oxygen atoms in total. The number of amides is 1. The summed E-state index contributed by atoms with van der Waals surface area (Å²) < 4.78 is 11.9. The highest BCUT2D eigenvalue weighted by molar-refractivity contribution is 6.02. The van der Waals surface area contributed by atoms with Crippen LogP contribution >= 0.6 is 0 Å². The van der Waals surface area contributed by atoms with Gasteiger partial charge in [0.25, 0.3) is 5.91 Å². The molecule has 0 saturated carbocycles. The van der Waals surface area contributed by atoms with Crippen LogP contribution in [0, 0.1) is 0 Å². The number of ether oxygens (including phenoxy) is 2. The Hall–Kier alpha value is -3.49. The molecule has 0 spiro atoms. The van der Waals surface area contributed by atoms with Crippen LogP contribution in [0.3, 0.4) is 0 Å². The second-order valence-electron chi connectivity index (χ2n) is 4.64. The number of nitrogens with zero attached hydrogens (tertiary/aromatic N) is 5. The smallest absolute Gasteiger partial charge is 0.276 e. The summed E-state index contributed by atoms with van der Waals surface area (Å²) >= 11 is 0. The lowest BCUT2D eigenvalue weighted by molar-refractivity contribution is 0.102. The Morgan fingerprint density at radius 1 is 1.13 bits per heavy atom. The quantitative estimate of drug-likeness (QED) is 0.770. The highest BCUT2D eigenvalue weighted by atomic mass is 16.7. The topological polar surface area (TPSA) is 104 Å². The molecule has 0 saturated heterocycles. The van der Waals surface area contributed by atoms with E-state index in [1.165, 1.54) is 17.3 Å². The molecule has 0 radical (unpaired) electrons. The molecule has 0 aliphatic carbocycles. The largest absolute Gasteiger partial charge is 0.454 e. The molecule has 1 aliphatic heterocycles. The monoisotopic (exact) mass is 310 g/mol. The SMILES string of the molecule is O=C(Nc1ccc2c(c1)OCO2)c1ccc(-n2cncn2)nn1. The minimum absolute atomic E-state index is 0.182. The maximum absolute atomic E-state index is 12.2. The van der Waals surface area contributed by atoms with Crippen LogP contribution in [0.25, 0.3) is 5.82 Å². The lowest BCUT2D eigenvalue weighted by atomic mass is 10.2. The van der Waals surface area contributed by atoms with Crippen molar-refractivity contribution in [3.63, 3.8) is 0 Å². The number of aromatic nitrogens is 5. The molecule has 0 unspecified atom stereocenters. The van der Waals surface area contributed by atoms with Crippen molar-refractivity contribution in [1.82, 2.24) is 25.0 Å². The van der Waals surface area contributed by atoms with Crippen molar-refractivity contribution in [3.8, 4) is 17.3 Å². The first-order valence-corrected chi connectivity index (χ1v) is 6.69. The van der Waals surface area contributed by atoms with Crippen LogP contribution in [0.5, 0.6) is 11.5 Å². The van der Waals surface area contributed by atoms with E-state index >= 15 is 0 Å². The van der Waals surface area contributed by atoms with Gasteiger partial charge in [0.2, 0.25) is 6.79 Å². The Labute approximate surface area is 129 Å². The van der Waals surface area contributed by atoms with Gasteiger partial charge < -0.3 is 14.8 Å². The first kappa shape index (κ1) is 13.2. The molecule has 114 valence electrons. The molecule has 1 aliphatic rings. The molecule has 9 heteroatoms. The number of rotatable bonds is 3. The molecular formula is C14H10N6O3. The third-order valence-corrected chi connectivity index (χ3v) is 3.17. The van der Waals surface area contributed by atoms with Crippen LogP contribution in [0.1, 0.15) is 10.5 Å². The van der Waals surface area contributed by atoms with E-state index in [4.69, 9.17) is 9.47 Å². The van der Waals surface area contributed by atoms with Crippen LogP contribution in [0.15, 0.2) is 43.0 Å². The lowest BCUT2D eigenvalue weighted by Gasteiger charge is -2.05. The van der Waals surface area contributed by atoms with Gasteiger partial charge in [-0.05, 0) is 24.3 Å². The average Bonchev–Trinajstić information content (AvgIpc) is 3.26. The molecule has 3 heterocycles. The predicted molar refractivity (Wildman–Crippen MR) is 77.5 cm³/mol. The Balaban J connectivity index is 1.51. The first-order chi connectivity index (χ1) is 11.3. The van der Waals surface area contributed by atoms with Gasteiger partial charge in [-0.2, -0.15) is 5.10 Å². The molecule has 0 atom stereocenters. The van der Waals surface area contributed by atoms with E-state index < -0.39 is 0 Å². The normalized spacial score (nSPS) is 12.2. The summed E-state index contributed by atoms with van der Waals surface area (Å²) in [6.07, 6.45) is 2.89. The zero-order valence-corrected chi connectivity index (χ0v) is 11.7. The maximum atomic E-state index is 12.2. The highest BCUT2D eigenvalue weighted by Crippen LogP contribution is 2.34. The van der Waals surface area contributed by atoms with E-state index in [0.29, 0.717) is 23.0 Å². The lowest BCUT2D eigenvalue weighted by Crippen LogP contribution is -2.15. The van der Waals surface area contributed by atoms with E-state index in [1.54, 1.807) is 30.3 Å². The molecule has 23 heavy (non-hydrogen) atoms. The van der Waals surface area contributed by atoms with Crippen molar-refractivity contribution in [3.05, 3.63) is 48.7 Å². The van der Waals surface area contributed by atoms with E-state index in [2.05, 4.69) is 25.6 Å². The Morgan fingerprint density at radius 2 is 2.04 bits per heavy atom. The number of carbonyl (C=O) groups excluding carboxylic acids is 1. The summed E-state index contributed by atoms with van der Waals surface area (Å²) in [5.41, 5.74) is 0.771. The number of nitrogens with one attached hydrogen (secondary N) is 1. The minimum atomic E-state index is -0.374. The fourth-order valence-electron chi connectivity index (χ4n) is 2.06. The zero-order valence-electron chi connectivity index (χ0n) is 11.7. The number of anilines is 1.